The number of aliphatic hydroxyl groups is 1. The van der Waals surface area contributed by atoms with Crippen molar-refractivity contribution >= 4 is 15.9 Å². The molecule has 0 unspecified atom stereocenters. The SMILES string of the molecule is O=C(NO)[C@H]1CC[C@@H](CO)CN1S(=O)(=O)c1ccc(OCc2cc(F)ccc2C(F)(F)F)cc1. The van der Waals surface area contributed by atoms with Gasteiger partial charge in [0.15, 0.2) is 0 Å². The third-order valence-corrected chi connectivity index (χ3v) is 7.39. The summed E-state index contributed by atoms with van der Waals surface area (Å²) in [4.78, 5) is 11.8. The predicted octanol–water partition coefficient (Wildman–Crippen LogP) is 2.69. The molecule has 34 heavy (non-hydrogen) atoms. The number of hydrogen-bond acceptors (Lipinski definition) is 6. The molecule has 1 amide bonds. The van der Waals surface area contributed by atoms with Crippen LogP contribution < -0.4 is 10.2 Å². The van der Waals surface area contributed by atoms with Crippen LogP contribution in [0.4, 0.5) is 17.6 Å². The highest BCUT2D eigenvalue weighted by atomic mass is 32.2. The molecule has 1 aliphatic heterocycles. The predicted molar refractivity (Wildman–Crippen MR) is 110 cm³/mol. The summed E-state index contributed by atoms with van der Waals surface area (Å²) < 4.78 is 85.3. The molecule has 0 saturated carbocycles. The average molecular weight is 506 g/mol. The second-order valence-corrected chi connectivity index (χ2v) is 9.64. The number of hydroxylamine groups is 1. The Balaban J connectivity index is 1.80. The van der Waals surface area contributed by atoms with Gasteiger partial charge in [-0.25, -0.2) is 18.3 Å². The van der Waals surface area contributed by atoms with Crippen molar-refractivity contribution in [2.45, 2.75) is 36.6 Å². The van der Waals surface area contributed by atoms with E-state index in [1.165, 1.54) is 17.6 Å². The maximum atomic E-state index is 13.4. The molecule has 0 radical (unpaired) electrons. The van der Waals surface area contributed by atoms with Crippen molar-refractivity contribution in [1.29, 1.82) is 0 Å². The van der Waals surface area contributed by atoms with E-state index in [1.807, 2.05) is 0 Å². The lowest BCUT2D eigenvalue weighted by Crippen LogP contribution is -2.53. The number of amides is 1. The number of nitrogens with one attached hydrogen (secondary N) is 1. The van der Waals surface area contributed by atoms with E-state index >= 15 is 0 Å². The molecule has 186 valence electrons. The molecule has 1 aliphatic rings. The number of carbonyl (C=O) groups excluding carboxylic acids is 1. The van der Waals surface area contributed by atoms with E-state index in [0.29, 0.717) is 24.6 Å². The normalized spacial score (nSPS) is 19.6. The molecule has 2 aromatic rings. The molecule has 2 aromatic carbocycles. The largest absolute Gasteiger partial charge is 0.489 e. The number of halogens is 4. The summed E-state index contributed by atoms with van der Waals surface area (Å²) in [7, 11) is -4.23. The summed E-state index contributed by atoms with van der Waals surface area (Å²) in [5.74, 6) is -2.13. The van der Waals surface area contributed by atoms with Gasteiger partial charge < -0.3 is 9.84 Å². The third-order valence-electron chi connectivity index (χ3n) is 5.50. The maximum Gasteiger partial charge on any atom is 0.416 e. The smallest absolute Gasteiger partial charge is 0.416 e. The summed E-state index contributed by atoms with van der Waals surface area (Å²) >= 11 is 0. The van der Waals surface area contributed by atoms with Crippen LogP contribution in [0.2, 0.25) is 0 Å². The van der Waals surface area contributed by atoms with Gasteiger partial charge in [-0.1, -0.05) is 0 Å². The topological polar surface area (TPSA) is 116 Å². The molecule has 0 aliphatic carbocycles. The number of carbonyl (C=O) groups is 1. The zero-order chi connectivity index (χ0) is 25.1. The van der Waals surface area contributed by atoms with Crippen LogP contribution in [0.15, 0.2) is 47.4 Å². The first kappa shape index (κ1) is 25.9. The van der Waals surface area contributed by atoms with Crippen LogP contribution in [0, 0.1) is 11.7 Å². The minimum atomic E-state index is -4.71. The summed E-state index contributed by atoms with van der Waals surface area (Å²) in [6, 6.07) is 5.57. The molecule has 1 heterocycles. The van der Waals surface area contributed by atoms with Gasteiger partial charge in [-0.3, -0.25) is 10.0 Å². The second-order valence-electron chi connectivity index (χ2n) is 7.75. The van der Waals surface area contributed by atoms with E-state index < -0.39 is 57.6 Å². The lowest BCUT2D eigenvalue weighted by atomic mass is 9.95. The Morgan fingerprint density at radius 2 is 1.82 bits per heavy atom. The van der Waals surface area contributed by atoms with Crippen LogP contribution in [0.25, 0.3) is 0 Å². The zero-order valence-electron chi connectivity index (χ0n) is 17.6. The van der Waals surface area contributed by atoms with Gasteiger partial charge in [0, 0.05) is 18.7 Å². The van der Waals surface area contributed by atoms with Crippen molar-refractivity contribution in [1.82, 2.24) is 9.79 Å². The summed E-state index contributed by atoms with van der Waals surface area (Å²) in [6.07, 6.45) is -4.23. The van der Waals surface area contributed by atoms with Crippen LogP contribution in [0.3, 0.4) is 0 Å². The van der Waals surface area contributed by atoms with Crippen LogP contribution in [0.1, 0.15) is 24.0 Å². The fraction of sp³-hybridized carbons (Fsp3) is 0.381. The third kappa shape index (κ3) is 5.66. The first-order chi connectivity index (χ1) is 16.0. The molecular formula is C21H22F4N2O6S. The van der Waals surface area contributed by atoms with Crippen molar-refractivity contribution in [2.75, 3.05) is 13.2 Å². The summed E-state index contributed by atoms with van der Waals surface area (Å²) in [6.45, 7) is -1.04. The highest BCUT2D eigenvalue weighted by molar-refractivity contribution is 7.89. The Morgan fingerprint density at radius 3 is 2.41 bits per heavy atom. The van der Waals surface area contributed by atoms with Crippen molar-refractivity contribution in [3.05, 3.63) is 59.4 Å². The Kier molecular flexibility index (Phi) is 7.81. The van der Waals surface area contributed by atoms with Gasteiger partial charge in [0.25, 0.3) is 5.91 Å². The van der Waals surface area contributed by atoms with Gasteiger partial charge in [-0.2, -0.15) is 17.5 Å². The minimum Gasteiger partial charge on any atom is -0.489 e. The van der Waals surface area contributed by atoms with Crippen molar-refractivity contribution in [2.24, 2.45) is 5.92 Å². The fourth-order valence-electron chi connectivity index (χ4n) is 3.72. The lowest BCUT2D eigenvalue weighted by Gasteiger charge is -2.36. The summed E-state index contributed by atoms with van der Waals surface area (Å²) in [5.41, 5.74) is -0.0294. The van der Waals surface area contributed by atoms with Gasteiger partial charge in [-0.15, -0.1) is 0 Å². The number of ether oxygens (including phenoxy) is 1. The Hall–Kier alpha value is -2.74. The Bertz CT molecular complexity index is 1130. The Labute approximate surface area is 192 Å². The average Bonchev–Trinajstić information content (AvgIpc) is 2.81. The maximum absolute atomic E-state index is 13.4. The van der Waals surface area contributed by atoms with Gasteiger partial charge in [-0.05, 0) is 61.2 Å². The number of nitrogens with zero attached hydrogens (tertiary/aromatic N) is 1. The zero-order valence-corrected chi connectivity index (χ0v) is 18.4. The molecule has 13 heteroatoms. The van der Waals surface area contributed by atoms with Gasteiger partial charge in [0.2, 0.25) is 10.0 Å². The molecule has 2 atom stereocenters. The molecular weight excluding hydrogens is 484 g/mol. The van der Waals surface area contributed by atoms with Crippen molar-refractivity contribution < 1.29 is 45.8 Å². The van der Waals surface area contributed by atoms with Crippen molar-refractivity contribution in [3.8, 4) is 5.75 Å². The van der Waals surface area contributed by atoms with E-state index in [-0.39, 0.29) is 30.2 Å². The molecule has 0 aromatic heterocycles. The highest BCUT2D eigenvalue weighted by Crippen LogP contribution is 2.33. The van der Waals surface area contributed by atoms with E-state index in [0.717, 1.165) is 16.4 Å². The number of hydrogen-bond donors (Lipinski definition) is 3. The number of aliphatic hydroxyl groups excluding tert-OH is 1. The first-order valence-electron chi connectivity index (χ1n) is 10.1. The molecule has 3 rings (SSSR count). The minimum absolute atomic E-state index is 0.0351. The number of rotatable bonds is 7. The second kappa shape index (κ2) is 10.3. The van der Waals surface area contributed by atoms with E-state index in [9.17, 15) is 35.9 Å². The standard InChI is InChI=1S/C21H22F4N2O6S/c22-15-2-7-18(21(23,24)25)14(9-15)12-33-16-3-5-17(6-4-16)34(31,32)27-10-13(11-28)1-8-19(27)20(29)26-30/h2-7,9,13,19,28,30H,1,8,10-12H2,(H,26,29)/t13-,19-/m1/s1. The van der Waals surface area contributed by atoms with Crippen LogP contribution in [0.5, 0.6) is 5.75 Å². The van der Waals surface area contributed by atoms with Gasteiger partial charge in [0.1, 0.15) is 24.2 Å². The van der Waals surface area contributed by atoms with Crippen LogP contribution in [-0.2, 0) is 27.6 Å². The molecule has 1 saturated heterocycles. The number of alkyl halides is 3. The molecule has 0 spiro atoms. The van der Waals surface area contributed by atoms with Crippen LogP contribution in [-0.4, -0.2) is 48.1 Å². The first-order valence-corrected chi connectivity index (χ1v) is 11.6. The number of piperidine rings is 1. The van der Waals surface area contributed by atoms with Gasteiger partial charge >= 0.3 is 6.18 Å². The van der Waals surface area contributed by atoms with E-state index in [1.54, 1.807) is 0 Å². The number of sulfonamides is 1. The lowest BCUT2D eigenvalue weighted by molar-refractivity contribution is -0.138. The summed E-state index contributed by atoms with van der Waals surface area (Å²) in [5, 5.41) is 18.4. The quantitative estimate of drug-likeness (QED) is 0.302. The van der Waals surface area contributed by atoms with Gasteiger partial charge in [0.05, 0.1) is 10.5 Å². The van der Waals surface area contributed by atoms with E-state index in [4.69, 9.17) is 9.94 Å². The van der Waals surface area contributed by atoms with Crippen LogP contribution >= 0.6 is 0 Å². The molecule has 1 fully saturated rings. The molecule has 3 N–H and O–H groups in total. The Morgan fingerprint density at radius 1 is 1.15 bits per heavy atom. The number of benzene rings is 2. The monoisotopic (exact) mass is 506 g/mol. The molecule has 8 nitrogen and oxygen atoms in total. The molecule has 0 bridgehead atoms. The fourth-order valence-corrected chi connectivity index (χ4v) is 5.42. The van der Waals surface area contributed by atoms with E-state index in [2.05, 4.69) is 0 Å². The highest BCUT2D eigenvalue weighted by Gasteiger charge is 2.40. The van der Waals surface area contributed by atoms with Crippen molar-refractivity contribution in [3.63, 3.8) is 0 Å².